The van der Waals surface area contributed by atoms with Crippen LogP contribution in [-0.4, -0.2) is 25.2 Å². The van der Waals surface area contributed by atoms with E-state index in [1.165, 1.54) is 7.11 Å². The molecule has 0 aromatic heterocycles. The number of esters is 1. The zero-order chi connectivity index (χ0) is 19.9. The minimum Gasteiger partial charge on any atom is -0.467 e. The number of amides is 1. The number of methoxy groups -OCH3 is 1. The monoisotopic (exact) mass is 441 g/mol. The minimum absolute atomic E-state index is 0.125. The molecule has 3 rings (SSSR count). The van der Waals surface area contributed by atoms with Crippen LogP contribution in [0.25, 0.3) is 10.8 Å². The number of fused-ring (bicyclic) bond motifs is 1. The molecule has 1 N–H and O–H groups in total. The van der Waals surface area contributed by atoms with Crippen molar-refractivity contribution in [2.24, 2.45) is 0 Å². The molecular weight excluding hydrogens is 422 g/mol. The predicted octanol–water partition coefficient (Wildman–Crippen LogP) is 4.61. The van der Waals surface area contributed by atoms with Crippen LogP contribution in [0.2, 0.25) is 0 Å². The molecule has 0 heterocycles. The Morgan fingerprint density at radius 3 is 2.46 bits per heavy atom. The van der Waals surface area contributed by atoms with E-state index >= 15 is 0 Å². The normalized spacial score (nSPS) is 11.6. The molecule has 0 fully saturated rings. The Hall–Kier alpha value is -2.86. The first-order chi connectivity index (χ1) is 13.6. The lowest BCUT2D eigenvalue weighted by Gasteiger charge is -2.18. The van der Waals surface area contributed by atoms with Gasteiger partial charge in [-0.25, -0.2) is 9.59 Å². The fraction of sp³-hybridized carbons (Fsp3) is 0.182. The molecule has 0 aliphatic carbocycles. The fourth-order valence-electron chi connectivity index (χ4n) is 2.90. The van der Waals surface area contributed by atoms with Crippen molar-refractivity contribution in [2.75, 3.05) is 7.11 Å². The van der Waals surface area contributed by atoms with Crippen molar-refractivity contribution in [2.45, 2.75) is 19.1 Å². The van der Waals surface area contributed by atoms with Crippen LogP contribution in [0.3, 0.4) is 0 Å². The lowest BCUT2D eigenvalue weighted by molar-refractivity contribution is -0.143. The second-order valence-electron chi connectivity index (χ2n) is 6.25. The number of carbonyl (C=O) groups is 2. The average molecular weight is 442 g/mol. The first-order valence-electron chi connectivity index (χ1n) is 8.79. The summed E-state index contributed by atoms with van der Waals surface area (Å²) in [7, 11) is 1.29. The molecule has 0 unspecified atom stereocenters. The van der Waals surface area contributed by atoms with Crippen LogP contribution in [0.15, 0.2) is 71.2 Å². The number of alkyl carbamates (subject to hydrolysis) is 1. The Morgan fingerprint density at radius 2 is 1.71 bits per heavy atom. The Labute approximate surface area is 171 Å². The van der Waals surface area contributed by atoms with Crippen LogP contribution < -0.4 is 5.32 Å². The summed E-state index contributed by atoms with van der Waals surface area (Å²) in [5.41, 5.74) is 1.75. The molecule has 1 atom stereocenters. The van der Waals surface area contributed by atoms with Gasteiger partial charge >= 0.3 is 12.1 Å². The van der Waals surface area contributed by atoms with E-state index in [4.69, 9.17) is 9.47 Å². The first-order valence-corrected chi connectivity index (χ1v) is 9.59. The Balaban J connectivity index is 1.71. The van der Waals surface area contributed by atoms with E-state index in [0.717, 1.165) is 26.4 Å². The molecule has 0 spiro atoms. The van der Waals surface area contributed by atoms with Crippen LogP contribution >= 0.6 is 15.9 Å². The fourth-order valence-corrected chi connectivity index (χ4v) is 3.55. The number of halogens is 1. The molecule has 1 amide bonds. The topological polar surface area (TPSA) is 64.6 Å². The van der Waals surface area contributed by atoms with Crippen molar-refractivity contribution in [1.82, 2.24) is 5.32 Å². The quantitative estimate of drug-likeness (QED) is 0.567. The van der Waals surface area contributed by atoms with E-state index in [1.54, 1.807) is 0 Å². The molecule has 0 bridgehead atoms. The standard InChI is InChI=1S/C22H20BrNO4/c1-27-21(25)19(24-22(26)28-14-15-7-3-2-4-8-15)13-17-12-11-16-9-5-6-10-18(16)20(17)23/h2-12,19H,13-14H2,1H3,(H,24,26)/t19-/m1/s1. The zero-order valence-corrected chi connectivity index (χ0v) is 16.9. The summed E-state index contributed by atoms with van der Waals surface area (Å²) in [6, 6.07) is 20.3. The molecule has 144 valence electrons. The Morgan fingerprint density at radius 1 is 1.00 bits per heavy atom. The lowest BCUT2D eigenvalue weighted by Crippen LogP contribution is -2.43. The molecule has 6 heteroatoms. The number of rotatable bonds is 6. The third kappa shape index (κ3) is 4.89. The van der Waals surface area contributed by atoms with Gasteiger partial charge in [0.05, 0.1) is 7.11 Å². The van der Waals surface area contributed by atoms with Crippen molar-refractivity contribution in [1.29, 1.82) is 0 Å². The van der Waals surface area contributed by atoms with Gasteiger partial charge in [0, 0.05) is 10.9 Å². The third-order valence-corrected chi connectivity index (χ3v) is 5.29. The highest BCUT2D eigenvalue weighted by atomic mass is 79.9. The van der Waals surface area contributed by atoms with Gasteiger partial charge in [-0.1, -0.05) is 66.7 Å². The molecular formula is C22H20BrNO4. The number of hydrogen-bond acceptors (Lipinski definition) is 4. The molecule has 0 aliphatic rings. The minimum atomic E-state index is -0.856. The maximum Gasteiger partial charge on any atom is 0.408 e. The summed E-state index contributed by atoms with van der Waals surface area (Å²) >= 11 is 3.61. The van der Waals surface area contributed by atoms with Gasteiger partial charge in [0.2, 0.25) is 0 Å². The van der Waals surface area contributed by atoms with Crippen LogP contribution in [0, 0.1) is 0 Å². The average Bonchev–Trinajstić information content (AvgIpc) is 2.74. The number of carbonyl (C=O) groups excluding carboxylic acids is 2. The number of ether oxygens (including phenoxy) is 2. The highest BCUT2D eigenvalue weighted by molar-refractivity contribution is 9.10. The summed E-state index contributed by atoms with van der Waals surface area (Å²) in [6.45, 7) is 0.125. The van der Waals surface area contributed by atoms with Crippen molar-refractivity contribution >= 4 is 38.8 Å². The molecule has 3 aromatic rings. The van der Waals surface area contributed by atoms with Crippen LogP contribution in [0.4, 0.5) is 4.79 Å². The lowest BCUT2D eigenvalue weighted by atomic mass is 10.0. The van der Waals surface area contributed by atoms with Gasteiger partial charge in [-0.15, -0.1) is 0 Å². The smallest absolute Gasteiger partial charge is 0.408 e. The summed E-state index contributed by atoms with van der Waals surface area (Å²) < 4.78 is 11.0. The van der Waals surface area contributed by atoms with E-state index in [-0.39, 0.29) is 13.0 Å². The van der Waals surface area contributed by atoms with Gasteiger partial charge in [-0.3, -0.25) is 0 Å². The summed E-state index contributed by atoms with van der Waals surface area (Å²) in [5, 5.41) is 4.73. The highest BCUT2D eigenvalue weighted by Crippen LogP contribution is 2.28. The van der Waals surface area contributed by atoms with Gasteiger partial charge < -0.3 is 14.8 Å². The van der Waals surface area contributed by atoms with Gasteiger partial charge in [0.1, 0.15) is 12.6 Å². The Kier molecular flexibility index (Phi) is 6.66. The first kappa shape index (κ1) is 19.9. The molecule has 5 nitrogen and oxygen atoms in total. The van der Waals surface area contributed by atoms with Crippen molar-refractivity contribution in [3.63, 3.8) is 0 Å². The maximum absolute atomic E-state index is 12.2. The molecule has 0 radical (unpaired) electrons. The van der Waals surface area contributed by atoms with E-state index in [9.17, 15) is 9.59 Å². The Bertz CT molecular complexity index is 975. The van der Waals surface area contributed by atoms with Gasteiger partial charge in [-0.2, -0.15) is 0 Å². The second-order valence-corrected chi connectivity index (χ2v) is 7.04. The number of benzene rings is 3. The van der Waals surface area contributed by atoms with E-state index in [1.807, 2.05) is 66.7 Å². The molecule has 3 aromatic carbocycles. The van der Waals surface area contributed by atoms with Gasteiger partial charge in [-0.05, 0) is 37.8 Å². The molecule has 0 saturated heterocycles. The van der Waals surface area contributed by atoms with E-state index in [0.29, 0.717) is 0 Å². The van der Waals surface area contributed by atoms with Crippen LogP contribution in [0.5, 0.6) is 0 Å². The molecule has 0 aliphatic heterocycles. The molecule has 0 saturated carbocycles. The summed E-state index contributed by atoms with van der Waals surface area (Å²) in [4.78, 5) is 24.4. The van der Waals surface area contributed by atoms with Crippen molar-refractivity contribution in [3.05, 3.63) is 82.3 Å². The van der Waals surface area contributed by atoms with Gasteiger partial charge in [0.25, 0.3) is 0 Å². The second kappa shape index (κ2) is 9.37. The maximum atomic E-state index is 12.2. The number of hydrogen-bond donors (Lipinski definition) is 1. The van der Waals surface area contributed by atoms with E-state index in [2.05, 4.69) is 21.2 Å². The molecule has 28 heavy (non-hydrogen) atoms. The van der Waals surface area contributed by atoms with Crippen molar-refractivity contribution < 1.29 is 19.1 Å². The van der Waals surface area contributed by atoms with Gasteiger partial charge in [0.15, 0.2) is 0 Å². The third-order valence-electron chi connectivity index (χ3n) is 4.36. The van der Waals surface area contributed by atoms with E-state index < -0.39 is 18.1 Å². The largest absolute Gasteiger partial charge is 0.467 e. The summed E-state index contributed by atoms with van der Waals surface area (Å²) in [6.07, 6.45) is -0.394. The van der Waals surface area contributed by atoms with Crippen LogP contribution in [-0.2, 0) is 27.3 Å². The van der Waals surface area contributed by atoms with Crippen molar-refractivity contribution in [3.8, 4) is 0 Å². The summed E-state index contributed by atoms with van der Waals surface area (Å²) in [5.74, 6) is -0.531. The zero-order valence-electron chi connectivity index (χ0n) is 15.4. The SMILES string of the molecule is COC(=O)[C@@H](Cc1ccc2ccccc2c1Br)NC(=O)OCc1ccccc1. The predicted molar refractivity (Wildman–Crippen MR) is 111 cm³/mol. The highest BCUT2D eigenvalue weighted by Gasteiger charge is 2.24. The number of nitrogens with one attached hydrogen (secondary N) is 1. The van der Waals surface area contributed by atoms with Crippen LogP contribution in [0.1, 0.15) is 11.1 Å².